The van der Waals surface area contributed by atoms with Gasteiger partial charge in [-0.25, -0.2) is 4.39 Å². The minimum Gasteiger partial charge on any atom is -0.493 e. The van der Waals surface area contributed by atoms with Crippen LogP contribution in [0.5, 0.6) is 11.5 Å². The SMILES string of the molecule is C=C(C=O)c1ccc(OCCCN2CCC(c3noc4cc(F)ccc34)CC2)c(OC)c1. The quantitative estimate of drug-likeness (QED) is 0.271. The standard InChI is InChI=1S/C25H27FN2O4/c1-17(16-29)19-4-7-22(24(14-19)30-2)31-13-3-10-28-11-8-18(9-12-28)25-21-6-5-20(26)15-23(21)32-27-25/h4-7,14-16,18H,1,3,8-13H2,2H3. The van der Waals surface area contributed by atoms with Gasteiger partial charge in [0, 0.05) is 29.5 Å². The maximum absolute atomic E-state index is 13.4. The fourth-order valence-electron chi connectivity index (χ4n) is 4.18. The summed E-state index contributed by atoms with van der Waals surface area (Å²) in [6.45, 7) is 7.20. The van der Waals surface area contributed by atoms with Crippen molar-refractivity contribution < 1.29 is 23.2 Å². The smallest absolute Gasteiger partial charge is 0.170 e. The Kier molecular flexibility index (Phi) is 6.85. The third kappa shape index (κ3) is 4.83. The third-order valence-electron chi connectivity index (χ3n) is 5.99. The number of hydrogen-bond acceptors (Lipinski definition) is 6. The summed E-state index contributed by atoms with van der Waals surface area (Å²) in [5.74, 6) is 1.27. The molecule has 0 radical (unpaired) electrons. The predicted octanol–water partition coefficient (Wildman–Crippen LogP) is 4.84. The molecule has 32 heavy (non-hydrogen) atoms. The van der Waals surface area contributed by atoms with Crippen LogP contribution in [0.3, 0.4) is 0 Å². The normalized spacial score (nSPS) is 15.1. The fraction of sp³-hybridized carbons (Fsp3) is 0.360. The molecule has 4 rings (SSSR count). The molecule has 0 bridgehead atoms. The Hall–Kier alpha value is -3.19. The molecule has 0 spiro atoms. The molecule has 3 aromatic rings. The molecule has 1 fully saturated rings. The minimum atomic E-state index is -0.308. The number of carbonyl (C=O) groups is 1. The summed E-state index contributed by atoms with van der Waals surface area (Å²) >= 11 is 0. The van der Waals surface area contributed by atoms with Gasteiger partial charge in [-0.15, -0.1) is 0 Å². The van der Waals surface area contributed by atoms with E-state index in [1.807, 2.05) is 6.07 Å². The van der Waals surface area contributed by atoms with E-state index in [9.17, 15) is 9.18 Å². The molecule has 1 aromatic heterocycles. The van der Waals surface area contributed by atoms with E-state index in [2.05, 4.69) is 16.6 Å². The Morgan fingerprint density at radius 2 is 2.06 bits per heavy atom. The number of nitrogens with zero attached hydrogens (tertiary/aromatic N) is 2. The average molecular weight is 438 g/mol. The second kappa shape index (κ2) is 9.96. The van der Waals surface area contributed by atoms with E-state index in [0.717, 1.165) is 61.8 Å². The number of fused-ring (bicyclic) bond motifs is 1. The second-order valence-electron chi connectivity index (χ2n) is 8.03. The molecule has 0 N–H and O–H groups in total. The number of aromatic nitrogens is 1. The third-order valence-corrected chi connectivity index (χ3v) is 5.99. The van der Waals surface area contributed by atoms with Crippen LogP contribution in [-0.2, 0) is 4.79 Å². The zero-order valence-corrected chi connectivity index (χ0v) is 18.2. The molecule has 0 aliphatic carbocycles. The molecule has 2 aromatic carbocycles. The van der Waals surface area contributed by atoms with Crippen molar-refractivity contribution >= 4 is 22.8 Å². The molecule has 1 aliphatic heterocycles. The van der Waals surface area contributed by atoms with E-state index in [4.69, 9.17) is 14.0 Å². The van der Waals surface area contributed by atoms with E-state index in [0.29, 0.717) is 35.2 Å². The molecule has 168 valence electrons. The maximum Gasteiger partial charge on any atom is 0.170 e. The van der Waals surface area contributed by atoms with Crippen molar-refractivity contribution in [2.24, 2.45) is 0 Å². The van der Waals surface area contributed by atoms with E-state index in [-0.39, 0.29) is 5.82 Å². The molecular weight excluding hydrogens is 411 g/mol. The molecular formula is C25H27FN2O4. The summed E-state index contributed by atoms with van der Waals surface area (Å²) in [5, 5.41) is 5.13. The molecule has 0 unspecified atom stereocenters. The number of methoxy groups -OCH3 is 1. The van der Waals surface area contributed by atoms with Gasteiger partial charge in [-0.2, -0.15) is 0 Å². The van der Waals surface area contributed by atoms with Gasteiger partial charge in [0.1, 0.15) is 12.1 Å². The van der Waals surface area contributed by atoms with Crippen LogP contribution >= 0.6 is 0 Å². The first-order valence-corrected chi connectivity index (χ1v) is 10.8. The van der Waals surface area contributed by atoms with Gasteiger partial charge in [0.25, 0.3) is 0 Å². The molecule has 6 nitrogen and oxygen atoms in total. The summed E-state index contributed by atoms with van der Waals surface area (Å²) in [6, 6.07) is 9.99. The van der Waals surface area contributed by atoms with E-state index in [1.165, 1.54) is 12.1 Å². The number of piperidine rings is 1. The number of hydrogen-bond donors (Lipinski definition) is 0. The molecule has 0 saturated carbocycles. The zero-order valence-electron chi connectivity index (χ0n) is 18.2. The summed E-state index contributed by atoms with van der Waals surface area (Å²) in [6.07, 6.45) is 3.61. The second-order valence-corrected chi connectivity index (χ2v) is 8.03. The summed E-state index contributed by atoms with van der Waals surface area (Å²) in [7, 11) is 1.58. The summed E-state index contributed by atoms with van der Waals surface area (Å²) in [5.41, 5.74) is 2.58. The Bertz CT molecular complexity index is 1100. The van der Waals surface area contributed by atoms with Gasteiger partial charge in [-0.1, -0.05) is 17.8 Å². The van der Waals surface area contributed by atoms with Crippen LogP contribution in [-0.4, -0.2) is 49.7 Å². The van der Waals surface area contributed by atoms with Crippen molar-refractivity contribution in [3.63, 3.8) is 0 Å². The van der Waals surface area contributed by atoms with Crippen LogP contribution < -0.4 is 9.47 Å². The van der Waals surface area contributed by atoms with Crippen molar-refractivity contribution in [1.82, 2.24) is 10.1 Å². The van der Waals surface area contributed by atoms with Crippen molar-refractivity contribution in [2.45, 2.75) is 25.2 Å². The largest absolute Gasteiger partial charge is 0.493 e. The first kappa shape index (κ1) is 22.0. The average Bonchev–Trinajstić information content (AvgIpc) is 3.24. The van der Waals surface area contributed by atoms with Crippen molar-refractivity contribution in [3.05, 3.63) is 60.1 Å². The van der Waals surface area contributed by atoms with Gasteiger partial charge in [0.05, 0.1) is 19.4 Å². The van der Waals surface area contributed by atoms with Gasteiger partial charge in [0.15, 0.2) is 17.1 Å². The molecule has 1 saturated heterocycles. The molecule has 7 heteroatoms. The van der Waals surface area contributed by atoms with Crippen LogP contribution in [0.4, 0.5) is 4.39 Å². The van der Waals surface area contributed by atoms with Gasteiger partial charge in [-0.05, 0) is 62.2 Å². The lowest BCUT2D eigenvalue weighted by molar-refractivity contribution is -0.103. The number of aldehydes is 1. The van der Waals surface area contributed by atoms with Crippen molar-refractivity contribution in [1.29, 1.82) is 0 Å². The molecule has 1 aliphatic rings. The van der Waals surface area contributed by atoms with Gasteiger partial charge < -0.3 is 18.9 Å². The zero-order chi connectivity index (χ0) is 22.5. The summed E-state index contributed by atoms with van der Waals surface area (Å²) in [4.78, 5) is 13.3. The number of allylic oxidation sites excluding steroid dienone is 1. The van der Waals surface area contributed by atoms with Gasteiger partial charge in [0.2, 0.25) is 0 Å². The summed E-state index contributed by atoms with van der Waals surface area (Å²) < 4.78 is 30.0. The fourth-order valence-corrected chi connectivity index (χ4v) is 4.18. The van der Waals surface area contributed by atoms with Crippen LogP contribution in [0.25, 0.3) is 16.5 Å². The maximum atomic E-state index is 13.4. The van der Waals surface area contributed by atoms with E-state index in [1.54, 1.807) is 25.3 Å². The van der Waals surface area contributed by atoms with Gasteiger partial charge >= 0.3 is 0 Å². The van der Waals surface area contributed by atoms with Crippen molar-refractivity contribution in [3.8, 4) is 11.5 Å². The number of likely N-dealkylation sites (tertiary alicyclic amines) is 1. The van der Waals surface area contributed by atoms with Crippen molar-refractivity contribution in [2.75, 3.05) is 33.4 Å². The Morgan fingerprint density at radius 3 is 2.81 bits per heavy atom. The molecule has 0 atom stereocenters. The van der Waals surface area contributed by atoms with Crippen LogP contribution in [0, 0.1) is 5.82 Å². The highest BCUT2D eigenvalue weighted by atomic mass is 19.1. The number of ether oxygens (including phenoxy) is 2. The monoisotopic (exact) mass is 438 g/mol. The highest BCUT2D eigenvalue weighted by Gasteiger charge is 2.25. The van der Waals surface area contributed by atoms with E-state index < -0.39 is 0 Å². The Labute approximate surface area is 186 Å². The lowest BCUT2D eigenvalue weighted by Crippen LogP contribution is -2.34. The number of carbonyl (C=O) groups excluding carboxylic acids is 1. The number of halogens is 1. The Balaban J connectivity index is 1.24. The van der Waals surface area contributed by atoms with Gasteiger partial charge in [-0.3, -0.25) is 4.79 Å². The Morgan fingerprint density at radius 1 is 1.25 bits per heavy atom. The topological polar surface area (TPSA) is 64.8 Å². The molecule has 0 amide bonds. The first-order valence-electron chi connectivity index (χ1n) is 10.8. The van der Waals surface area contributed by atoms with Crippen LogP contribution in [0.15, 0.2) is 47.5 Å². The van der Waals surface area contributed by atoms with Crippen LogP contribution in [0.2, 0.25) is 0 Å². The predicted molar refractivity (Wildman–Crippen MR) is 121 cm³/mol. The van der Waals surface area contributed by atoms with E-state index >= 15 is 0 Å². The lowest BCUT2D eigenvalue weighted by Gasteiger charge is -2.31. The minimum absolute atomic E-state index is 0.308. The van der Waals surface area contributed by atoms with Crippen LogP contribution in [0.1, 0.15) is 36.4 Å². The number of benzene rings is 2. The lowest BCUT2D eigenvalue weighted by atomic mass is 9.91. The number of rotatable bonds is 9. The highest BCUT2D eigenvalue weighted by Crippen LogP contribution is 2.33. The highest BCUT2D eigenvalue weighted by molar-refractivity contribution is 6.05. The first-order chi connectivity index (χ1) is 15.6. The molecule has 2 heterocycles.